The normalized spacial score (nSPS) is 25.3. The van der Waals surface area contributed by atoms with E-state index in [9.17, 15) is 13.5 Å². The molecule has 1 aliphatic carbocycles. The molecule has 1 fully saturated rings. The van der Waals surface area contributed by atoms with E-state index in [-0.39, 0.29) is 16.2 Å². The zero-order chi connectivity index (χ0) is 12.5. The summed E-state index contributed by atoms with van der Waals surface area (Å²) in [4.78, 5) is 3.93. The lowest BCUT2D eigenvalue weighted by Gasteiger charge is -2.14. The average Bonchev–Trinajstić information content (AvgIpc) is 2.85. The molecule has 0 aliphatic heterocycles. The maximum atomic E-state index is 11.9. The van der Waals surface area contributed by atoms with Crippen molar-refractivity contribution in [2.75, 3.05) is 6.54 Å². The molecule has 1 aromatic heterocycles. The second-order valence-electron chi connectivity index (χ2n) is 4.31. The number of aromatic nitrogens is 1. The summed E-state index contributed by atoms with van der Waals surface area (Å²) in [6.45, 7) is 2.07. The summed E-state index contributed by atoms with van der Waals surface area (Å²) >= 11 is 1.15. The number of aliphatic hydroxyl groups is 1. The van der Waals surface area contributed by atoms with Crippen LogP contribution in [0.15, 0.2) is 10.4 Å². The second-order valence-corrected chi connectivity index (χ2v) is 7.54. The first-order valence-corrected chi connectivity index (χ1v) is 7.89. The van der Waals surface area contributed by atoms with Crippen LogP contribution in [0.25, 0.3) is 0 Å². The van der Waals surface area contributed by atoms with Crippen LogP contribution in [0.3, 0.4) is 0 Å². The van der Waals surface area contributed by atoms with Gasteiger partial charge in [-0.25, -0.2) is 18.1 Å². The molecule has 0 radical (unpaired) electrons. The standard InChI is InChI=1S/C10H16N2O3S2/c1-7-11-6-10(16-7)17(14,15)12-5-8-3-2-4-9(8)13/h6,8-9,12-13H,2-5H2,1H3. The van der Waals surface area contributed by atoms with Crippen LogP contribution >= 0.6 is 11.3 Å². The summed E-state index contributed by atoms with van der Waals surface area (Å²) < 4.78 is 26.6. The molecule has 17 heavy (non-hydrogen) atoms. The molecule has 0 bridgehead atoms. The van der Waals surface area contributed by atoms with Gasteiger partial charge in [0.2, 0.25) is 0 Å². The van der Waals surface area contributed by atoms with Crippen molar-refractivity contribution >= 4 is 21.4 Å². The van der Waals surface area contributed by atoms with E-state index in [0.717, 1.165) is 35.6 Å². The van der Waals surface area contributed by atoms with Crippen molar-refractivity contribution in [3.8, 4) is 0 Å². The molecule has 2 rings (SSSR count). The third kappa shape index (κ3) is 3.04. The third-order valence-corrected chi connectivity index (χ3v) is 5.82. The molecule has 7 heteroatoms. The Morgan fingerprint density at radius 3 is 2.88 bits per heavy atom. The Morgan fingerprint density at radius 2 is 2.35 bits per heavy atom. The predicted octanol–water partition coefficient (Wildman–Crippen LogP) is 0.891. The number of aliphatic hydroxyl groups excluding tert-OH is 1. The van der Waals surface area contributed by atoms with Crippen LogP contribution in [0, 0.1) is 12.8 Å². The predicted molar refractivity (Wildman–Crippen MR) is 65.4 cm³/mol. The monoisotopic (exact) mass is 276 g/mol. The van der Waals surface area contributed by atoms with Crippen LogP contribution in [-0.4, -0.2) is 31.2 Å². The van der Waals surface area contributed by atoms with Crippen LogP contribution in [0.4, 0.5) is 0 Å². The summed E-state index contributed by atoms with van der Waals surface area (Å²) in [7, 11) is -3.46. The van der Waals surface area contributed by atoms with Gasteiger partial charge in [0.15, 0.2) is 4.21 Å². The van der Waals surface area contributed by atoms with Crippen LogP contribution in [0.2, 0.25) is 0 Å². The van der Waals surface area contributed by atoms with E-state index in [4.69, 9.17) is 0 Å². The van der Waals surface area contributed by atoms with Crippen LogP contribution in [-0.2, 0) is 10.0 Å². The number of rotatable bonds is 4. The van der Waals surface area contributed by atoms with Crippen molar-refractivity contribution in [1.29, 1.82) is 0 Å². The topological polar surface area (TPSA) is 79.3 Å². The van der Waals surface area contributed by atoms with Crippen LogP contribution in [0.5, 0.6) is 0 Å². The van der Waals surface area contributed by atoms with Gasteiger partial charge >= 0.3 is 0 Å². The highest BCUT2D eigenvalue weighted by Crippen LogP contribution is 2.25. The van der Waals surface area contributed by atoms with Crippen molar-refractivity contribution in [2.24, 2.45) is 5.92 Å². The minimum Gasteiger partial charge on any atom is -0.393 e. The molecule has 0 aromatic carbocycles. The zero-order valence-electron chi connectivity index (χ0n) is 9.59. The first-order chi connectivity index (χ1) is 7.99. The van der Waals surface area contributed by atoms with Crippen molar-refractivity contribution in [2.45, 2.75) is 36.5 Å². The molecular weight excluding hydrogens is 260 g/mol. The summed E-state index contributed by atoms with van der Waals surface area (Å²) in [6.07, 6.45) is 3.61. The number of sulfonamides is 1. The second kappa shape index (κ2) is 5.01. The lowest BCUT2D eigenvalue weighted by atomic mass is 10.1. The fourth-order valence-electron chi connectivity index (χ4n) is 2.01. The smallest absolute Gasteiger partial charge is 0.251 e. The molecule has 2 unspecified atom stereocenters. The lowest BCUT2D eigenvalue weighted by Crippen LogP contribution is -2.32. The Labute approximate surface area is 105 Å². The summed E-state index contributed by atoms with van der Waals surface area (Å²) in [5.41, 5.74) is 0. The Morgan fingerprint density at radius 1 is 1.59 bits per heavy atom. The molecule has 0 amide bonds. The molecule has 1 heterocycles. The van der Waals surface area contributed by atoms with Gasteiger partial charge in [-0.05, 0) is 25.7 Å². The molecule has 0 saturated heterocycles. The molecular formula is C10H16N2O3S2. The highest BCUT2D eigenvalue weighted by molar-refractivity contribution is 7.91. The van der Waals surface area contributed by atoms with Gasteiger partial charge in [-0.2, -0.15) is 0 Å². The van der Waals surface area contributed by atoms with Crippen molar-refractivity contribution < 1.29 is 13.5 Å². The van der Waals surface area contributed by atoms with Gasteiger partial charge in [0.05, 0.1) is 17.3 Å². The van der Waals surface area contributed by atoms with E-state index in [1.54, 1.807) is 6.92 Å². The Hall–Kier alpha value is -0.500. The zero-order valence-corrected chi connectivity index (χ0v) is 11.2. The van der Waals surface area contributed by atoms with Gasteiger partial charge in [-0.15, -0.1) is 11.3 Å². The minimum atomic E-state index is -3.46. The SMILES string of the molecule is Cc1ncc(S(=O)(=O)NCC2CCCC2O)s1. The van der Waals surface area contributed by atoms with E-state index >= 15 is 0 Å². The number of nitrogens with one attached hydrogen (secondary N) is 1. The highest BCUT2D eigenvalue weighted by atomic mass is 32.2. The fraction of sp³-hybridized carbons (Fsp3) is 0.700. The molecule has 2 atom stereocenters. The largest absolute Gasteiger partial charge is 0.393 e. The number of thiazole rings is 1. The number of hydrogen-bond donors (Lipinski definition) is 2. The Bertz CT molecular complexity index is 483. The van der Waals surface area contributed by atoms with E-state index in [2.05, 4.69) is 9.71 Å². The first kappa shape index (κ1) is 12.9. The van der Waals surface area contributed by atoms with Crippen LogP contribution < -0.4 is 4.72 Å². The average molecular weight is 276 g/mol. The first-order valence-electron chi connectivity index (χ1n) is 5.59. The van der Waals surface area contributed by atoms with E-state index in [1.807, 2.05) is 0 Å². The number of hydrogen-bond acceptors (Lipinski definition) is 5. The molecule has 1 aliphatic rings. The minimum absolute atomic E-state index is 0.0405. The van der Waals surface area contributed by atoms with Crippen molar-refractivity contribution in [1.82, 2.24) is 9.71 Å². The highest BCUT2D eigenvalue weighted by Gasteiger charge is 2.27. The number of aryl methyl sites for hydroxylation is 1. The van der Waals surface area contributed by atoms with E-state index in [0.29, 0.717) is 6.54 Å². The van der Waals surface area contributed by atoms with Gasteiger partial charge in [-0.1, -0.05) is 6.42 Å². The molecule has 96 valence electrons. The van der Waals surface area contributed by atoms with Gasteiger partial charge < -0.3 is 5.11 Å². The fourth-order valence-corrected chi connectivity index (χ4v) is 4.26. The summed E-state index contributed by atoms with van der Waals surface area (Å²) in [6, 6.07) is 0. The van der Waals surface area contributed by atoms with E-state index in [1.165, 1.54) is 6.20 Å². The maximum Gasteiger partial charge on any atom is 0.251 e. The lowest BCUT2D eigenvalue weighted by molar-refractivity contribution is 0.134. The maximum absolute atomic E-state index is 11.9. The molecule has 2 N–H and O–H groups in total. The molecule has 1 saturated carbocycles. The van der Waals surface area contributed by atoms with Crippen LogP contribution in [0.1, 0.15) is 24.3 Å². The Kier molecular flexibility index (Phi) is 3.82. The van der Waals surface area contributed by atoms with Crippen molar-refractivity contribution in [3.63, 3.8) is 0 Å². The van der Waals surface area contributed by atoms with E-state index < -0.39 is 10.0 Å². The quantitative estimate of drug-likeness (QED) is 0.856. The van der Waals surface area contributed by atoms with Crippen molar-refractivity contribution in [3.05, 3.63) is 11.2 Å². The molecule has 1 aromatic rings. The molecule has 5 nitrogen and oxygen atoms in total. The Balaban J connectivity index is 1.98. The van der Waals surface area contributed by atoms with Gasteiger partial charge in [0.1, 0.15) is 0 Å². The molecule has 0 spiro atoms. The number of nitrogens with zero attached hydrogens (tertiary/aromatic N) is 1. The summed E-state index contributed by atoms with van der Waals surface area (Å²) in [5.74, 6) is 0.0405. The third-order valence-electron chi connectivity index (χ3n) is 3.02. The van der Waals surface area contributed by atoms with Gasteiger partial charge in [0.25, 0.3) is 10.0 Å². The summed E-state index contributed by atoms with van der Waals surface area (Å²) in [5, 5.41) is 10.3. The van der Waals surface area contributed by atoms with Gasteiger partial charge in [0, 0.05) is 6.54 Å². The van der Waals surface area contributed by atoms with Gasteiger partial charge in [-0.3, -0.25) is 0 Å².